The molecule has 0 atom stereocenters. The minimum absolute atomic E-state index is 0. The molecule has 1 fully saturated rings. The number of unbranched alkanes of at least 4 members (excludes halogenated alkanes) is 3. The van der Waals surface area contributed by atoms with Gasteiger partial charge in [0.15, 0.2) is 5.96 Å². The van der Waals surface area contributed by atoms with Crippen molar-refractivity contribution in [3.8, 4) is 0 Å². The normalized spacial score (nSPS) is 14.7. The van der Waals surface area contributed by atoms with Crippen LogP contribution in [0.1, 0.15) is 44.6 Å². The zero-order valence-electron chi connectivity index (χ0n) is 18.4. The van der Waals surface area contributed by atoms with Crippen molar-refractivity contribution in [2.75, 3.05) is 51.8 Å². The molecule has 1 amide bonds. The van der Waals surface area contributed by atoms with Crippen LogP contribution in [0, 0.1) is 0 Å². The number of ether oxygens (including phenoxy) is 1. The maximum Gasteiger partial charge on any atom is 0.225 e. The van der Waals surface area contributed by atoms with Gasteiger partial charge in [0.05, 0.1) is 13.2 Å². The van der Waals surface area contributed by atoms with E-state index in [0.717, 1.165) is 63.0 Å². The number of anilines is 1. The van der Waals surface area contributed by atoms with Gasteiger partial charge in [-0.3, -0.25) is 14.7 Å². The SMILES string of the molecule is CCCCCCNC(=NC)NCc1cccc(NC(=O)CCN2CCOCC2)c1.I. The lowest BCUT2D eigenvalue weighted by atomic mass is 10.2. The van der Waals surface area contributed by atoms with Gasteiger partial charge in [-0.1, -0.05) is 38.3 Å². The first-order valence-electron chi connectivity index (χ1n) is 10.8. The van der Waals surface area contributed by atoms with Crippen LogP contribution in [0.15, 0.2) is 29.3 Å². The summed E-state index contributed by atoms with van der Waals surface area (Å²) in [6.07, 6.45) is 5.41. The molecule has 1 heterocycles. The van der Waals surface area contributed by atoms with Crippen molar-refractivity contribution in [2.45, 2.75) is 45.6 Å². The summed E-state index contributed by atoms with van der Waals surface area (Å²) in [5.41, 5.74) is 1.93. The third kappa shape index (κ3) is 11.1. The number of hydrogen-bond donors (Lipinski definition) is 3. The molecule has 0 radical (unpaired) electrons. The third-order valence-electron chi connectivity index (χ3n) is 4.98. The smallest absolute Gasteiger partial charge is 0.225 e. The summed E-state index contributed by atoms with van der Waals surface area (Å²) in [7, 11) is 1.78. The van der Waals surface area contributed by atoms with E-state index in [2.05, 4.69) is 32.8 Å². The Morgan fingerprint density at radius 2 is 1.97 bits per heavy atom. The van der Waals surface area contributed by atoms with Crippen LogP contribution in [0.3, 0.4) is 0 Å². The summed E-state index contributed by atoms with van der Waals surface area (Å²) in [6.45, 7) is 7.90. The summed E-state index contributed by atoms with van der Waals surface area (Å²) in [6, 6.07) is 7.95. The minimum Gasteiger partial charge on any atom is -0.379 e. The molecular formula is C22H38IN5O2. The van der Waals surface area contributed by atoms with Crippen LogP contribution in [0.5, 0.6) is 0 Å². The first-order chi connectivity index (χ1) is 14.2. The fourth-order valence-corrected chi connectivity index (χ4v) is 3.23. The van der Waals surface area contributed by atoms with Gasteiger partial charge in [0.25, 0.3) is 0 Å². The average Bonchev–Trinajstić information content (AvgIpc) is 2.75. The standard InChI is InChI=1S/C22H37N5O2.HI/c1-3-4-5-6-11-24-22(23-2)25-18-19-8-7-9-20(17-19)26-21(28)10-12-27-13-15-29-16-14-27;/h7-9,17H,3-6,10-16,18H2,1-2H3,(H,26,28)(H2,23,24,25);1H. The first-order valence-corrected chi connectivity index (χ1v) is 10.8. The van der Waals surface area contributed by atoms with Crippen LogP contribution < -0.4 is 16.0 Å². The Labute approximate surface area is 198 Å². The molecule has 1 aromatic carbocycles. The molecular weight excluding hydrogens is 493 g/mol. The Hall–Kier alpha value is -1.39. The molecule has 1 aliphatic rings. The topological polar surface area (TPSA) is 78.0 Å². The second-order valence-corrected chi connectivity index (χ2v) is 7.37. The molecule has 8 heteroatoms. The lowest BCUT2D eigenvalue weighted by Gasteiger charge is -2.26. The monoisotopic (exact) mass is 531 g/mol. The number of nitrogens with zero attached hydrogens (tertiary/aromatic N) is 2. The van der Waals surface area contributed by atoms with Gasteiger partial charge in [0, 0.05) is 51.9 Å². The highest BCUT2D eigenvalue weighted by Gasteiger charge is 2.12. The summed E-state index contributed by atoms with van der Waals surface area (Å²) in [4.78, 5) is 18.8. The Bertz CT molecular complexity index is 636. The summed E-state index contributed by atoms with van der Waals surface area (Å²) in [5.74, 6) is 0.854. The molecule has 2 rings (SSSR count). The fourth-order valence-electron chi connectivity index (χ4n) is 3.23. The van der Waals surface area contributed by atoms with Crippen LogP contribution in [-0.2, 0) is 16.1 Å². The molecule has 0 aromatic heterocycles. The fraction of sp³-hybridized carbons (Fsp3) is 0.636. The number of morpholine rings is 1. The van der Waals surface area contributed by atoms with Gasteiger partial charge in [-0.2, -0.15) is 0 Å². The van der Waals surface area contributed by atoms with E-state index >= 15 is 0 Å². The van der Waals surface area contributed by atoms with Gasteiger partial charge in [0.1, 0.15) is 0 Å². The lowest BCUT2D eigenvalue weighted by Crippen LogP contribution is -2.38. The van der Waals surface area contributed by atoms with Gasteiger partial charge in [-0.25, -0.2) is 0 Å². The molecule has 0 saturated carbocycles. The van der Waals surface area contributed by atoms with Gasteiger partial charge in [-0.15, -0.1) is 24.0 Å². The average molecular weight is 531 g/mol. The van der Waals surface area contributed by atoms with E-state index in [1.165, 1.54) is 19.3 Å². The van der Waals surface area contributed by atoms with E-state index in [-0.39, 0.29) is 29.9 Å². The van der Waals surface area contributed by atoms with Crippen molar-refractivity contribution in [3.05, 3.63) is 29.8 Å². The van der Waals surface area contributed by atoms with Gasteiger partial charge in [-0.05, 0) is 24.1 Å². The molecule has 0 bridgehead atoms. The minimum atomic E-state index is 0. The van der Waals surface area contributed by atoms with Crippen LogP contribution in [-0.4, -0.2) is 63.2 Å². The zero-order chi connectivity index (χ0) is 20.7. The number of carbonyl (C=O) groups is 1. The van der Waals surface area contributed by atoms with E-state index in [1.807, 2.05) is 24.3 Å². The molecule has 1 aromatic rings. The van der Waals surface area contributed by atoms with E-state index < -0.39 is 0 Å². The van der Waals surface area contributed by atoms with Crippen molar-refractivity contribution in [1.29, 1.82) is 0 Å². The number of hydrogen-bond acceptors (Lipinski definition) is 4. The van der Waals surface area contributed by atoms with E-state index in [1.54, 1.807) is 7.05 Å². The van der Waals surface area contributed by atoms with Crippen LogP contribution in [0.4, 0.5) is 5.69 Å². The van der Waals surface area contributed by atoms with Gasteiger partial charge < -0.3 is 20.7 Å². The molecule has 30 heavy (non-hydrogen) atoms. The number of aliphatic imine (C=N–C) groups is 1. The number of nitrogens with one attached hydrogen (secondary N) is 3. The molecule has 170 valence electrons. The van der Waals surface area contributed by atoms with Gasteiger partial charge >= 0.3 is 0 Å². The number of rotatable bonds is 11. The number of carbonyl (C=O) groups excluding carboxylic acids is 1. The lowest BCUT2D eigenvalue weighted by molar-refractivity contribution is -0.116. The molecule has 0 aliphatic carbocycles. The van der Waals surface area contributed by atoms with E-state index in [0.29, 0.717) is 13.0 Å². The Morgan fingerprint density at radius 3 is 2.70 bits per heavy atom. The Morgan fingerprint density at radius 1 is 1.17 bits per heavy atom. The highest BCUT2D eigenvalue weighted by atomic mass is 127. The second-order valence-electron chi connectivity index (χ2n) is 7.37. The highest BCUT2D eigenvalue weighted by Crippen LogP contribution is 2.11. The van der Waals surface area contributed by atoms with Crippen molar-refractivity contribution >= 4 is 41.5 Å². The maximum absolute atomic E-state index is 12.3. The number of amides is 1. The van der Waals surface area contributed by atoms with Crippen molar-refractivity contribution < 1.29 is 9.53 Å². The zero-order valence-corrected chi connectivity index (χ0v) is 20.7. The summed E-state index contributed by atoms with van der Waals surface area (Å²) in [5, 5.41) is 9.69. The van der Waals surface area contributed by atoms with Crippen molar-refractivity contribution in [1.82, 2.24) is 15.5 Å². The summed E-state index contributed by atoms with van der Waals surface area (Å²) >= 11 is 0. The van der Waals surface area contributed by atoms with E-state index in [9.17, 15) is 4.79 Å². The van der Waals surface area contributed by atoms with Crippen molar-refractivity contribution in [3.63, 3.8) is 0 Å². The predicted molar refractivity (Wildman–Crippen MR) is 135 cm³/mol. The number of guanidine groups is 1. The van der Waals surface area contributed by atoms with Crippen molar-refractivity contribution in [2.24, 2.45) is 4.99 Å². The highest BCUT2D eigenvalue weighted by molar-refractivity contribution is 14.0. The second kappa shape index (κ2) is 16.3. The van der Waals surface area contributed by atoms with Crippen LogP contribution in [0.25, 0.3) is 0 Å². The molecule has 1 aliphatic heterocycles. The van der Waals surface area contributed by atoms with Crippen LogP contribution >= 0.6 is 24.0 Å². The maximum atomic E-state index is 12.3. The molecule has 7 nitrogen and oxygen atoms in total. The first kappa shape index (κ1) is 26.6. The number of halogens is 1. The van der Waals surface area contributed by atoms with Crippen LogP contribution in [0.2, 0.25) is 0 Å². The Balaban J connectivity index is 0.00000450. The quantitative estimate of drug-likeness (QED) is 0.177. The van der Waals surface area contributed by atoms with Gasteiger partial charge in [0.2, 0.25) is 5.91 Å². The largest absolute Gasteiger partial charge is 0.379 e. The number of benzene rings is 1. The third-order valence-corrected chi connectivity index (χ3v) is 4.98. The summed E-state index contributed by atoms with van der Waals surface area (Å²) < 4.78 is 5.34. The predicted octanol–water partition coefficient (Wildman–Crippen LogP) is 3.21. The molecule has 3 N–H and O–H groups in total. The van der Waals surface area contributed by atoms with E-state index in [4.69, 9.17) is 4.74 Å². The molecule has 0 spiro atoms. The molecule has 0 unspecified atom stereocenters. The molecule has 1 saturated heterocycles. The Kier molecular flexibility index (Phi) is 14.5.